The number of hydrogen-bond acceptors (Lipinski definition) is 8. The summed E-state index contributed by atoms with van der Waals surface area (Å²) in [6.45, 7) is 0. The van der Waals surface area contributed by atoms with Gasteiger partial charge < -0.3 is 27.8 Å². The van der Waals surface area contributed by atoms with Crippen LogP contribution in [0.1, 0.15) is 5.56 Å². The average molecular weight is 942 g/mol. The number of amides is 6. The van der Waals surface area contributed by atoms with Crippen LogP contribution in [0.4, 0.5) is 43.2 Å². The number of benzene rings is 6. The molecule has 3 aromatic heterocycles. The molecule has 0 aliphatic rings. The molecule has 3 heterocycles. The number of urea groups is 3. The Balaban J connectivity index is 0.000000147. The molecule has 6 aromatic carbocycles. The van der Waals surface area contributed by atoms with Gasteiger partial charge in [-0.05, 0) is 34.9 Å². The summed E-state index contributed by atoms with van der Waals surface area (Å²) in [4.78, 5) is 35.2. The quantitative estimate of drug-likeness (QED) is 0.0541. The van der Waals surface area contributed by atoms with Gasteiger partial charge in [0.15, 0.2) is 17.5 Å². The van der Waals surface area contributed by atoms with E-state index in [9.17, 15) is 14.4 Å². The fraction of sp³-hybridized carbons (Fsp3) is 0.0435. The minimum Gasteiger partial charge on any atom is -0.396 e. The topological polar surface area (TPSA) is 281 Å². The van der Waals surface area contributed by atoms with Crippen molar-refractivity contribution in [2.24, 2.45) is 17.2 Å². The van der Waals surface area contributed by atoms with Crippen molar-refractivity contribution in [2.75, 3.05) is 40.7 Å². The lowest BCUT2D eigenvalue weighted by Crippen LogP contribution is -2.19. The van der Waals surface area contributed by atoms with E-state index in [4.69, 9.17) is 64.2 Å². The highest BCUT2D eigenvalue weighted by molar-refractivity contribution is 6.39. The molecule has 0 aliphatic carbocycles. The van der Waals surface area contributed by atoms with Crippen LogP contribution in [0.3, 0.4) is 0 Å². The predicted octanol–water partition coefficient (Wildman–Crippen LogP) is 9.75. The number of anilines is 5. The number of nitrogens with two attached hydrogens (primary N) is 4. The highest BCUT2D eigenvalue weighted by Gasteiger charge is 2.21. The number of nitrogen functional groups attached to an aromatic ring is 1. The van der Waals surface area contributed by atoms with Crippen LogP contribution in [0.15, 0.2) is 109 Å². The van der Waals surface area contributed by atoms with Crippen molar-refractivity contribution in [1.82, 2.24) is 30.6 Å². The molecule has 0 radical (unpaired) electrons. The first-order valence-electron chi connectivity index (χ1n) is 19.5. The van der Waals surface area contributed by atoms with Crippen LogP contribution in [0, 0.1) is 12.3 Å². The maximum atomic E-state index is 11.2. The van der Waals surface area contributed by atoms with Gasteiger partial charge in [0.2, 0.25) is 0 Å². The van der Waals surface area contributed by atoms with Crippen LogP contribution >= 0.6 is 34.8 Å². The molecule has 0 bridgehead atoms. The summed E-state index contributed by atoms with van der Waals surface area (Å²) in [6, 6.07) is 32.4. The third-order valence-electron chi connectivity index (χ3n) is 9.98. The van der Waals surface area contributed by atoms with Crippen LogP contribution in [0.25, 0.3) is 66.1 Å². The minimum atomic E-state index is -0.702. The standard InChI is InChI=1S/C16H16ClN5O.C16H11ClN4O.C14H12ClN5O/c1-22(2)14-12(17)10(9-6-4-3-5-7-9)8-11-13(14)20-21-15(11)19-16(18)23;1-2-10-13(17)11(9-6-4-3-5-7-9)8-12-14(10)20-21-15(12)19-16(18)22;15-10-8(7-4-2-1-3-5-7)6-9-12(11(10)16)19-20-13(9)18-14(17)21/h3-8H,1-2H3,(H4,18,19,20,21,23);1,3-8H,(H4,18,19,20,21,22);1-6H,16H2,(H4,17,18,19,20,21). The molecule has 0 saturated carbocycles. The predicted molar refractivity (Wildman–Crippen MR) is 266 cm³/mol. The molecule has 9 aromatic rings. The molecular formula is C46H39Cl3N14O3. The fourth-order valence-electron chi connectivity index (χ4n) is 7.08. The summed E-state index contributed by atoms with van der Waals surface area (Å²) in [5.41, 5.74) is 30.3. The van der Waals surface area contributed by atoms with Gasteiger partial charge in [0.25, 0.3) is 0 Å². The second kappa shape index (κ2) is 19.5. The summed E-state index contributed by atoms with van der Waals surface area (Å²) >= 11 is 19.4. The molecule has 0 atom stereocenters. The molecular weight excluding hydrogens is 903 g/mol. The first kappa shape index (κ1) is 45.6. The molecule has 0 aliphatic heterocycles. The van der Waals surface area contributed by atoms with E-state index >= 15 is 0 Å². The number of hydrogen-bond donors (Lipinski definition) is 10. The van der Waals surface area contributed by atoms with E-state index in [-0.39, 0.29) is 0 Å². The number of carbonyl (C=O) groups is 3. The zero-order valence-electron chi connectivity index (χ0n) is 34.9. The molecule has 9 rings (SSSR count). The Morgan fingerprint density at radius 3 is 1.30 bits per heavy atom. The minimum absolute atomic E-state index is 0.313. The molecule has 14 N–H and O–H groups in total. The zero-order valence-corrected chi connectivity index (χ0v) is 37.2. The lowest BCUT2D eigenvalue weighted by molar-refractivity contribution is 0.258. The Labute approximate surface area is 391 Å². The van der Waals surface area contributed by atoms with Crippen molar-refractivity contribution < 1.29 is 14.4 Å². The lowest BCUT2D eigenvalue weighted by atomic mass is 10.00. The van der Waals surface area contributed by atoms with Crippen LogP contribution in [-0.2, 0) is 0 Å². The van der Waals surface area contributed by atoms with Gasteiger partial charge in [-0.25, -0.2) is 14.4 Å². The van der Waals surface area contributed by atoms with E-state index in [1.807, 2.05) is 128 Å². The van der Waals surface area contributed by atoms with Gasteiger partial charge in [-0.3, -0.25) is 31.2 Å². The van der Waals surface area contributed by atoms with E-state index < -0.39 is 18.1 Å². The second-order valence-electron chi connectivity index (χ2n) is 14.4. The highest BCUT2D eigenvalue weighted by atomic mass is 35.5. The van der Waals surface area contributed by atoms with Gasteiger partial charge >= 0.3 is 18.1 Å². The number of primary amides is 3. The SMILES string of the molecule is C#Cc1c(Cl)c(-c2ccccc2)cc2c(NC(N)=O)n[nH]c12.CN(C)c1c(Cl)c(-c2ccccc2)cc2c(NC(N)=O)n[nH]c12.NC(=O)Nc1n[nH]c2c(N)c(Cl)c(-c3ccccc3)cc12. The molecule has 20 heteroatoms. The summed E-state index contributed by atoms with van der Waals surface area (Å²) in [7, 11) is 3.80. The number of fused-ring (bicyclic) bond motifs is 3. The number of nitrogens with one attached hydrogen (secondary N) is 6. The number of rotatable bonds is 7. The first-order chi connectivity index (χ1) is 31.7. The van der Waals surface area contributed by atoms with Gasteiger partial charge in [-0.1, -0.05) is 132 Å². The molecule has 0 fully saturated rings. The largest absolute Gasteiger partial charge is 0.396 e. The van der Waals surface area contributed by atoms with E-state index in [1.54, 1.807) is 0 Å². The number of carbonyl (C=O) groups excluding carboxylic acids is 3. The third-order valence-corrected chi connectivity index (χ3v) is 11.2. The Kier molecular flexibility index (Phi) is 13.5. The van der Waals surface area contributed by atoms with Gasteiger partial charge in [0.05, 0.1) is 48.6 Å². The Morgan fingerprint density at radius 1 is 0.561 bits per heavy atom. The normalized spacial score (nSPS) is 10.6. The number of nitrogens with zero attached hydrogens (tertiary/aromatic N) is 4. The van der Waals surface area contributed by atoms with Gasteiger partial charge in [0, 0.05) is 46.9 Å². The molecule has 0 unspecified atom stereocenters. The Hall–Kier alpha value is -8.43. The number of aromatic amines is 3. The average Bonchev–Trinajstić information content (AvgIpc) is 4.01. The Bertz CT molecular complexity index is 3310. The smallest absolute Gasteiger partial charge is 0.317 e. The van der Waals surface area contributed by atoms with E-state index in [2.05, 4.69) is 52.5 Å². The molecule has 0 spiro atoms. The number of aromatic nitrogens is 6. The van der Waals surface area contributed by atoms with Gasteiger partial charge in [-0.2, -0.15) is 15.3 Å². The Morgan fingerprint density at radius 2 is 0.909 bits per heavy atom. The number of H-pyrrole nitrogens is 3. The van der Waals surface area contributed by atoms with E-state index in [0.29, 0.717) is 65.6 Å². The van der Waals surface area contributed by atoms with Crippen molar-refractivity contribution in [3.05, 3.63) is 130 Å². The lowest BCUT2D eigenvalue weighted by Gasteiger charge is -2.18. The summed E-state index contributed by atoms with van der Waals surface area (Å²) in [5.74, 6) is 3.58. The van der Waals surface area contributed by atoms with E-state index in [0.717, 1.165) is 50.0 Å². The van der Waals surface area contributed by atoms with Crippen LogP contribution in [-0.4, -0.2) is 62.8 Å². The summed E-state index contributed by atoms with van der Waals surface area (Å²) in [5, 5.41) is 31.6. The fourth-order valence-corrected chi connectivity index (χ4v) is 8.08. The van der Waals surface area contributed by atoms with Crippen LogP contribution in [0.5, 0.6) is 0 Å². The first-order valence-corrected chi connectivity index (χ1v) is 20.7. The van der Waals surface area contributed by atoms with Crippen molar-refractivity contribution in [3.63, 3.8) is 0 Å². The molecule has 6 amide bonds. The van der Waals surface area contributed by atoms with Crippen molar-refractivity contribution in [3.8, 4) is 45.7 Å². The maximum Gasteiger partial charge on any atom is 0.317 e. The van der Waals surface area contributed by atoms with E-state index in [1.165, 1.54) is 0 Å². The molecule has 17 nitrogen and oxygen atoms in total. The third kappa shape index (κ3) is 9.42. The monoisotopic (exact) mass is 940 g/mol. The molecule has 66 heavy (non-hydrogen) atoms. The molecule has 332 valence electrons. The number of terminal acetylenes is 1. The summed E-state index contributed by atoms with van der Waals surface area (Å²) < 4.78 is 0. The van der Waals surface area contributed by atoms with Crippen LogP contribution < -0.4 is 43.8 Å². The van der Waals surface area contributed by atoms with Gasteiger partial charge in [-0.15, -0.1) is 6.42 Å². The second-order valence-corrected chi connectivity index (χ2v) is 15.6. The van der Waals surface area contributed by atoms with Crippen molar-refractivity contribution >= 4 is 114 Å². The van der Waals surface area contributed by atoms with Gasteiger partial charge in [0.1, 0.15) is 0 Å². The van der Waals surface area contributed by atoms with Crippen molar-refractivity contribution in [2.45, 2.75) is 0 Å². The van der Waals surface area contributed by atoms with Crippen molar-refractivity contribution in [1.29, 1.82) is 0 Å². The maximum absolute atomic E-state index is 11.2. The molecule has 0 saturated heterocycles. The van der Waals surface area contributed by atoms with Crippen LogP contribution in [0.2, 0.25) is 15.1 Å². The highest BCUT2D eigenvalue weighted by Crippen LogP contribution is 2.43. The zero-order chi connectivity index (χ0) is 47.2. The number of halogens is 3. The summed E-state index contributed by atoms with van der Waals surface area (Å²) in [6.07, 6.45) is 5.58.